The minimum absolute atomic E-state index is 0.418. The Labute approximate surface area is 169 Å². The maximum Gasteiger partial charge on any atom is 0.331 e. The van der Waals surface area contributed by atoms with E-state index >= 15 is 0 Å². The van der Waals surface area contributed by atoms with Crippen LogP contribution in [0.4, 0.5) is 5.69 Å². The van der Waals surface area contributed by atoms with Crippen LogP contribution in [0.5, 0.6) is 23.0 Å². The number of ether oxygens (including phenoxy) is 5. The first kappa shape index (κ1) is 21.6. The topological polar surface area (TPSA) is 92.3 Å². The molecule has 29 heavy (non-hydrogen) atoms. The minimum Gasteiger partial charge on any atom is -0.497 e. The van der Waals surface area contributed by atoms with E-state index in [0.717, 1.165) is 0 Å². The molecule has 0 bridgehead atoms. The van der Waals surface area contributed by atoms with Gasteiger partial charge in [-0.3, -0.25) is 4.79 Å². The molecule has 1 amide bonds. The van der Waals surface area contributed by atoms with Gasteiger partial charge in [0.15, 0.2) is 18.1 Å². The molecule has 0 saturated carbocycles. The van der Waals surface area contributed by atoms with E-state index in [1.54, 1.807) is 43.5 Å². The molecule has 0 aliphatic carbocycles. The molecule has 0 spiro atoms. The van der Waals surface area contributed by atoms with Gasteiger partial charge in [0, 0.05) is 23.4 Å². The Morgan fingerprint density at radius 1 is 0.862 bits per heavy atom. The summed E-state index contributed by atoms with van der Waals surface area (Å²) >= 11 is 0. The van der Waals surface area contributed by atoms with Crippen molar-refractivity contribution >= 4 is 23.6 Å². The van der Waals surface area contributed by atoms with Gasteiger partial charge < -0.3 is 29.0 Å². The highest BCUT2D eigenvalue weighted by Crippen LogP contribution is 2.35. The monoisotopic (exact) mass is 401 g/mol. The normalized spacial score (nSPS) is 10.3. The lowest BCUT2D eigenvalue weighted by molar-refractivity contribution is -0.142. The lowest BCUT2D eigenvalue weighted by Crippen LogP contribution is -2.20. The molecule has 2 rings (SSSR count). The first-order chi connectivity index (χ1) is 14.0. The maximum absolute atomic E-state index is 11.9. The summed E-state index contributed by atoms with van der Waals surface area (Å²) in [5.74, 6) is 1.01. The number of methoxy groups -OCH3 is 4. The highest BCUT2D eigenvalue weighted by atomic mass is 16.5. The smallest absolute Gasteiger partial charge is 0.331 e. The Kier molecular flexibility index (Phi) is 7.90. The van der Waals surface area contributed by atoms with Gasteiger partial charge in [0.1, 0.15) is 11.5 Å². The highest BCUT2D eigenvalue weighted by molar-refractivity contribution is 5.94. The Hall–Kier alpha value is -3.68. The lowest BCUT2D eigenvalue weighted by atomic mass is 10.1. The van der Waals surface area contributed by atoms with Gasteiger partial charge in [-0.1, -0.05) is 0 Å². The third-order valence-corrected chi connectivity index (χ3v) is 3.85. The molecular formula is C21H23NO7. The molecule has 0 fully saturated rings. The zero-order valence-corrected chi connectivity index (χ0v) is 16.7. The van der Waals surface area contributed by atoms with Gasteiger partial charge in [0.25, 0.3) is 5.91 Å². The Bertz CT molecular complexity index is 875. The summed E-state index contributed by atoms with van der Waals surface area (Å²) in [6.45, 7) is -0.418. The summed E-state index contributed by atoms with van der Waals surface area (Å²) in [6.07, 6.45) is 2.70. The van der Waals surface area contributed by atoms with E-state index < -0.39 is 18.5 Å². The third-order valence-electron chi connectivity index (χ3n) is 3.85. The molecule has 0 aliphatic rings. The molecule has 8 heteroatoms. The molecule has 8 nitrogen and oxygen atoms in total. The van der Waals surface area contributed by atoms with Gasteiger partial charge in [-0.15, -0.1) is 0 Å². The van der Waals surface area contributed by atoms with Crippen molar-refractivity contribution in [3.8, 4) is 23.0 Å². The van der Waals surface area contributed by atoms with Gasteiger partial charge in [-0.2, -0.15) is 0 Å². The van der Waals surface area contributed by atoms with Crippen molar-refractivity contribution in [2.45, 2.75) is 0 Å². The van der Waals surface area contributed by atoms with Gasteiger partial charge >= 0.3 is 5.97 Å². The van der Waals surface area contributed by atoms with Crippen LogP contribution in [-0.2, 0) is 14.3 Å². The van der Waals surface area contributed by atoms with Crippen molar-refractivity contribution in [2.75, 3.05) is 40.4 Å². The molecular weight excluding hydrogens is 378 g/mol. The summed E-state index contributed by atoms with van der Waals surface area (Å²) in [4.78, 5) is 23.8. The number of hydrogen-bond donors (Lipinski definition) is 1. The van der Waals surface area contributed by atoms with Gasteiger partial charge in [-0.05, 0) is 36.4 Å². The zero-order chi connectivity index (χ0) is 21.2. The fourth-order valence-corrected chi connectivity index (χ4v) is 2.40. The summed E-state index contributed by atoms with van der Waals surface area (Å²) in [5.41, 5.74) is 1.15. The van der Waals surface area contributed by atoms with Crippen molar-refractivity contribution in [3.63, 3.8) is 0 Å². The fourth-order valence-electron chi connectivity index (χ4n) is 2.40. The van der Waals surface area contributed by atoms with E-state index in [1.807, 2.05) is 0 Å². The van der Waals surface area contributed by atoms with Crippen LogP contribution in [0.25, 0.3) is 6.08 Å². The highest BCUT2D eigenvalue weighted by Gasteiger charge is 2.11. The first-order valence-electron chi connectivity index (χ1n) is 8.59. The molecule has 0 unspecified atom stereocenters. The number of hydrogen-bond acceptors (Lipinski definition) is 7. The number of amides is 1. The maximum atomic E-state index is 11.9. The average Bonchev–Trinajstić information content (AvgIpc) is 2.76. The largest absolute Gasteiger partial charge is 0.497 e. The number of benzene rings is 2. The van der Waals surface area contributed by atoms with Gasteiger partial charge in [-0.25, -0.2) is 4.79 Å². The Morgan fingerprint density at radius 3 is 2.07 bits per heavy atom. The quantitative estimate of drug-likeness (QED) is 0.510. The van der Waals surface area contributed by atoms with Crippen LogP contribution < -0.4 is 24.3 Å². The predicted molar refractivity (Wildman–Crippen MR) is 108 cm³/mol. The number of carbonyl (C=O) groups is 2. The van der Waals surface area contributed by atoms with Gasteiger partial charge in [0.05, 0.1) is 28.4 Å². The predicted octanol–water partition coefficient (Wildman–Crippen LogP) is 2.92. The fraction of sp³-hybridized carbons (Fsp3) is 0.238. The second-order valence-electron chi connectivity index (χ2n) is 5.67. The summed E-state index contributed by atoms with van der Waals surface area (Å²) < 4.78 is 25.7. The van der Waals surface area contributed by atoms with E-state index in [1.165, 1.54) is 33.5 Å². The molecule has 0 heterocycles. The van der Waals surface area contributed by atoms with Crippen molar-refractivity contribution in [3.05, 3.63) is 48.0 Å². The average molecular weight is 401 g/mol. The van der Waals surface area contributed by atoms with E-state index in [0.29, 0.717) is 34.2 Å². The van der Waals surface area contributed by atoms with Crippen LogP contribution in [0.15, 0.2) is 42.5 Å². The first-order valence-corrected chi connectivity index (χ1v) is 8.59. The molecule has 0 saturated heterocycles. The van der Waals surface area contributed by atoms with Crippen LogP contribution in [0.1, 0.15) is 5.56 Å². The number of nitrogens with one attached hydrogen (secondary N) is 1. The van der Waals surface area contributed by atoms with Crippen molar-refractivity contribution < 1.29 is 33.3 Å². The number of anilines is 1. The van der Waals surface area contributed by atoms with E-state index in [9.17, 15) is 9.59 Å². The van der Waals surface area contributed by atoms with Crippen molar-refractivity contribution in [1.82, 2.24) is 0 Å². The van der Waals surface area contributed by atoms with E-state index in [2.05, 4.69) is 5.32 Å². The molecule has 2 aromatic rings. The molecule has 154 valence electrons. The van der Waals surface area contributed by atoms with E-state index in [-0.39, 0.29) is 0 Å². The summed E-state index contributed by atoms with van der Waals surface area (Å²) in [6, 6.07) is 10.1. The number of carbonyl (C=O) groups excluding carboxylic acids is 2. The van der Waals surface area contributed by atoms with E-state index in [4.69, 9.17) is 23.7 Å². The molecule has 0 radical (unpaired) electrons. The number of rotatable bonds is 9. The van der Waals surface area contributed by atoms with Crippen LogP contribution in [-0.4, -0.2) is 46.9 Å². The summed E-state index contributed by atoms with van der Waals surface area (Å²) in [7, 11) is 6.08. The Balaban J connectivity index is 1.94. The second-order valence-corrected chi connectivity index (χ2v) is 5.67. The Morgan fingerprint density at radius 2 is 1.48 bits per heavy atom. The van der Waals surface area contributed by atoms with Crippen molar-refractivity contribution in [2.24, 2.45) is 0 Å². The van der Waals surface area contributed by atoms with Crippen molar-refractivity contribution in [1.29, 1.82) is 0 Å². The standard InChI is InChI=1S/C21H23NO7/c1-25-16-8-6-15(7-9-16)22-20(23)13-29-21(24)10-5-14-11-18(27-3)19(28-4)12-17(14)26-2/h5-12H,13H2,1-4H3,(H,22,23)/b10-5+. The molecule has 0 atom stereocenters. The second kappa shape index (κ2) is 10.6. The molecule has 1 N–H and O–H groups in total. The van der Waals surface area contributed by atoms with Crippen LogP contribution in [0.2, 0.25) is 0 Å². The molecule has 0 aliphatic heterocycles. The summed E-state index contributed by atoms with van der Waals surface area (Å²) in [5, 5.41) is 2.62. The molecule has 0 aromatic heterocycles. The number of esters is 1. The third kappa shape index (κ3) is 6.17. The van der Waals surface area contributed by atoms with Crippen LogP contribution in [0.3, 0.4) is 0 Å². The lowest BCUT2D eigenvalue weighted by Gasteiger charge is -2.12. The SMILES string of the molecule is COc1ccc(NC(=O)COC(=O)/C=C/c2cc(OC)c(OC)cc2OC)cc1. The van der Waals surface area contributed by atoms with Gasteiger partial charge in [0.2, 0.25) is 0 Å². The van der Waals surface area contributed by atoms with Crippen LogP contribution in [0, 0.1) is 0 Å². The molecule has 2 aromatic carbocycles. The zero-order valence-electron chi connectivity index (χ0n) is 16.7. The van der Waals surface area contributed by atoms with Crippen LogP contribution >= 0.6 is 0 Å². The minimum atomic E-state index is -0.674.